The number of carbonyl (C=O) groups is 3. The number of aromatic nitrogens is 1. The third kappa shape index (κ3) is 4.92. The lowest BCUT2D eigenvalue weighted by Gasteiger charge is -2.32. The number of rotatable bonds is 5. The third-order valence-corrected chi connectivity index (χ3v) is 7.20. The van der Waals surface area contributed by atoms with E-state index in [9.17, 15) is 23.9 Å². The summed E-state index contributed by atoms with van der Waals surface area (Å²) in [6.07, 6.45) is -0.0973. The molecule has 1 aromatic heterocycles. The van der Waals surface area contributed by atoms with Gasteiger partial charge in [0.2, 0.25) is 5.60 Å². The van der Waals surface area contributed by atoms with Crippen molar-refractivity contribution >= 4 is 45.9 Å². The number of aromatic amines is 1. The van der Waals surface area contributed by atoms with Gasteiger partial charge in [-0.15, -0.1) is 0 Å². The zero-order valence-corrected chi connectivity index (χ0v) is 21.0. The van der Waals surface area contributed by atoms with Crippen LogP contribution in [-0.2, 0) is 16.1 Å². The van der Waals surface area contributed by atoms with Gasteiger partial charge in [-0.1, -0.05) is 11.6 Å². The summed E-state index contributed by atoms with van der Waals surface area (Å²) in [5.41, 5.74) is -0.112. The van der Waals surface area contributed by atoms with E-state index >= 15 is 0 Å². The second-order valence-corrected chi connectivity index (χ2v) is 10.0. The first-order valence-corrected chi connectivity index (χ1v) is 12.4. The fourth-order valence-corrected chi connectivity index (χ4v) is 5.03. The lowest BCUT2D eigenvalue weighted by molar-refractivity contribution is -0.149. The Kier molecular flexibility index (Phi) is 6.65. The van der Waals surface area contributed by atoms with Crippen LogP contribution >= 0.6 is 11.6 Å². The van der Waals surface area contributed by atoms with Gasteiger partial charge in [-0.05, 0) is 55.1 Å². The molecular formula is C26H27ClFN5O4. The molecule has 2 aliphatic heterocycles. The molecule has 37 heavy (non-hydrogen) atoms. The molecule has 2 aliphatic rings. The minimum absolute atomic E-state index is 0.0753. The van der Waals surface area contributed by atoms with Crippen molar-refractivity contribution in [3.05, 3.63) is 64.6 Å². The highest BCUT2D eigenvalue weighted by Gasteiger charge is 2.51. The molecule has 3 heterocycles. The minimum Gasteiger partial charge on any atom is -0.372 e. The van der Waals surface area contributed by atoms with E-state index in [1.165, 1.54) is 17.0 Å². The number of hydrogen-bond acceptors (Lipinski definition) is 5. The topological polar surface area (TPSA) is 109 Å². The van der Waals surface area contributed by atoms with E-state index in [1.54, 1.807) is 24.3 Å². The highest BCUT2D eigenvalue weighted by atomic mass is 35.5. The van der Waals surface area contributed by atoms with Crippen LogP contribution in [0.25, 0.3) is 10.9 Å². The average Bonchev–Trinajstić information content (AvgIpc) is 3.43. The molecule has 0 bridgehead atoms. The van der Waals surface area contributed by atoms with Crippen molar-refractivity contribution in [2.24, 2.45) is 0 Å². The number of fused-ring (bicyclic) bond motifs is 1. The van der Waals surface area contributed by atoms with E-state index < -0.39 is 23.2 Å². The van der Waals surface area contributed by atoms with Gasteiger partial charge in [-0.3, -0.25) is 14.4 Å². The van der Waals surface area contributed by atoms with Gasteiger partial charge >= 0.3 is 0 Å². The molecule has 0 radical (unpaired) electrons. The SMILES string of the molecule is CN1CCN(C(=O)c2cc3cc(N4CC[C@](O)(C(=O)NCc5cc(F)cc(Cl)c5)C4=O)ccc3[nH]2)CC1. The molecule has 194 valence electrons. The van der Waals surface area contributed by atoms with Gasteiger partial charge in [0.15, 0.2) is 0 Å². The van der Waals surface area contributed by atoms with E-state index in [2.05, 4.69) is 15.2 Å². The number of piperazine rings is 1. The molecule has 3 N–H and O–H groups in total. The normalized spacial score (nSPS) is 20.6. The zero-order valence-electron chi connectivity index (χ0n) is 20.3. The maximum absolute atomic E-state index is 13.6. The number of benzene rings is 2. The Morgan fingerprint density at radius 3 is 2.59 bits per heavy atom. The summed E-state index contributed by atoms with van der Waals surface area (Å²) in [5.74, 6) is -2.23. The van der Waals surface area contributed by atoms with Crippen LogP contribution in [0.5, 0.6) is 0 Å². The van der Waals surface area contributed by atoms with Crippen molar-refractivity contribution in [3.8, 4) is 0 Å². The average molecular weight is 528 g/mol. The van der Waals surface area contributed by atoms with Gasteiger partial charge in [0.25, 0.3) is 17.7 Å². The Morgan fingerprint density at radius 2 is 1.86 bits per heavy atom. The van der Waals surface area contributed by atoms with E-state index in [1.807, 2.05) is 11.9 Å². The number of amides is 3. The molecule has 0 saturated carbocycles. The number of aliphatic hydroxyl groups is 1. The summed E-state index contributed by atoms with van der Waals surface area (Å²) in [6.45, 7) is 3.00. The predicted molar refractivity (Wildman–Crippen MR) is 137 cm³/mol. The lowest BCUT2D eigenvalue weighted by Crippen LogP contribution is -2.52. The fraction of sp³-hybridized carbons (Fsp3) is 0.346. The Labute approximate surface area is 217 Å². The third-order valence-electron chi connectivity index (χ3n) is 6.98. The number of H-pyrrole nitrogens is 1. The van der Waals surface area contributed by atoms with Crippen LogP contribution in [0.3, 0.4) is 0 Å². The molecule has 3 amide bonds. The maximum Gasteiger partial charge on any atom is 0.270 e. The van der Waals surface area contributed by atoms with Crippen molar-refractivity contribution in [2.75, 3.05) is 44.7 Å². The van der Waals surface area contributed by atoms with Crippen LogP contribution in [0.15, 0.2) is 42.5 Å². The highest BCUT2D eigenvalue weighted by molar-refractivity contribution is 6.30. The van der Waals surface area contributed by atoms with Gasteiger partial charge in [-0.2, -0.15) is 0 Å². The Balaban J connectivity index is 1.29. The number of nitrogens with one attached hydrogen (secondary N) is 2. The van der Waals surface area contributed by atoms with Gasteiger partial charge < -0.3 is 30.1 Å². The Morgan fingerprint density at radius 1 is 1.11 bits per heavy atom. The second-order valence-electron chi connectivity index (χ2n) is 9.58. The van der Waals surface area contributed by atoms with E-state index in [-0.39, 0.29) is 30.4 Å². The Hall–Kier alpha value is -3.47. The Bertz CT molecular complexity index is 1370. The van der Waals surface area contributed by atoms with Crippen LogP contribution in [0.2, 0.25) is 5.02 Å². The first kappa shape index (κ1) is 25.2. The van der Waals surface area contributed by atoms with Crippen molar-refractivity contribution in [3.63, 3.8) is 0 Å². The molecule has 0 unspecified atom stereocenters. The quantitative estimate of drug-likeness (QED) is 0.441. The van der Waals surface area contributed by atoms with E-state index in [0.29, 0.717) is 30.0 Å². The van der Waals surface area contributed by atoms with Crippen LogP contribution < -0.4 is 10.2 Å². The van der Waals surface area contributed by atoms with E-state index in [0.717, 1.165) is 30.1 Å². The summed E-state index contributed by atoms with van der Waals surface area (Å²) in [4.78, 5) is 47.3. The second kappa shape index (κ2) is 9.77. The summed E-state index contributed by atoms with van der Waals surface area (Å²) in [5, 5.41) is 14.4. The molecule has 2 fully saturated rings. The molecule has 9 nitrogen and oxygen atoms in total. The molecule has 0 aliphatic carbocycles. The van der Waals surface area contributed by atoms with E-state index in [4.69, 9.17) is 11.6 Å². The predicted octanol–water partition coefficient (Wildman–Crippen LogP) is 2.13. The molecule has 11 heteroatoms. The van der Waals surface area contributed by atoms with Crippen LogP contribution in [-0.4, -0.2) is 83.0 Å². The smallest absolute Gasteiger partial charge is 0.270 e. The maximum atomic E-state index is 13.6. The fourth-order valence-electron chi connectivity index (χ4n) is 4.79. The summed E-state index contributed by atoms with van der Waals surface area (Å²) < 4.78 is 13.6. The monoisotopic (exact) mass is 527 g/mol. The molecule has 0 spiro atoms. The largest absolute Gasteiger partial charge is 0.372 e. The van der Waals surface area contributed by atoms with Crippen molar-refractivity contribution < 1.29 is 23.9 Å². The number of carbonyl (C=O) groups excluding carboxylic acids is 3. The zero-order chi connectivity index (χ0) is 26.3. The molecular weight excluding hydrogens is 501 g/mol. The molecule has 2 aromatic carbocycles. The summed E-state index contributed by atoms with van der Waals surface area (Å²) in [6, 6.07) is 10.8. The van der Waals surface area contributed by atoms with Gasteiger partial charge in [0.1, 0.15) is 11.5 Å². The van der Waals surface area contributed by atoms with Crippen LogP contribution in [0.4, 0.5) is 10.1 Å². The molecule has 2 saturated heterocycles. The summed E-state index contributed by atoms with van der Waals surface area (Å²) >= 11 is 5.85. The van der Waals surface area contributed by atoms with Gasteiger partial charge in [0.05, 0.1) is 0 Å². The first-order chi connectivity index (χ1) is 17.6. The standard InChI is InChI=1S/C26H27ClFN5O4/c1-31-6-8-32(9-7-31)23(34)22-13-17-12-20(2-3-21(17)30-22)33-5-4-26(37,25(33)36)24(35)29-15-16-10-18(27)14-19(28)11-16/h2-3,10-14,30,37H,4-9,15H2,1H3,(H,29,35)/t26-/m0/s1. The van der Waals surface area contributed by atoms with Crippen molar-refractivity contribution in [1.82, 2.24) is 20.1 Å². The molecule has 1 atom stereocenters. The number of likely N-dealkylation sites (N-methyl/N-ethyl adjacent to an activating group) is 1. The first-order valence-electron chi connectivity index (χ1n) is 12.0. The summed E-state index contributed by atoms with van der Waals surface area (Å²) in [7, 11) is 2.02. The minimum atomic E-state index is -2.24. The van der Waals surface area contributed by atoms with Crippen LogP contribution in [0.1, 0.15) is 22.5 Å². The van der Waals surface area contributed by atoms with Crippen LogP contribution in [0, 0.1) is 5.82 Å². The van der Waals surface area contributed by atoms with Crippen molar-refractivity contribution in [2.45, 2.75) is 18.6 Å². The number of halogens is 2. The molecule has 3 aromatic rings. The molecule has 5 rings (SSSR count). The van der Waals surface area contributed by atoms with Crippen molar-refractivity contribution in [1.29, 1.82) is 0 Å². The number of hydrogen-bond donors (Lipinski definition) is 3. The highest BCUT2D eigenvalue weighted by Crippen LogP contribution is 2.31. The van der Waals surface area contributed by atoms with Gasteiger partial charge in [0, 0.05) is 67.3 Å². The van der Waals surface area contributed by atoms with Gasteiger partial charge in [-0.25, -0.2) is 4.39 Å². The number of anilines is 1. The lowest BCUT2D eigenvalue weighted by atomic mass is 10.0. The number of nitrogens with zero attached hydrogens (tertiary/aromatic N) is 3.